The van der Waals surface area contributed by atoms with Crippen LogP contribution in [0, 0.1) is 0 Å². The molecule has 4 nitrogen and oxygen atoms in total. The first-order chi connectivity index (χ1) is 7.13. The third-order valence-electron chi connectivity index (χ3n) is 1.42. The lowest BCUT2D eigenvalue weighted by Crippen LogP contribution is -1.98. The van der Waals surface area contributed by atoms with E-state index >= 15 is 0 Å². The van der Waals surface area contributed by atoms with Crippen molar-refractivity contribution in [3.63, 3.8) is 0 Å². The highest BCUT2D eigenvalue weighted by Gasteiger charge is 2.01. The summed E-state index contributed by atoms with van der Waals surface area (Å²) in [5.74, 6) is -0.441. The van der Waals surface area contributed by atoms with Gasteiger partial charge in [0.15, 0.2) is 0 Å². The summed E-state index contributed by atoms with van der Waals surface area (Å²) in [5, 5.41) is 0.254. The van der Waals surface area contributed by atoms with Crippen LogP contribution in [0.2, 0.25) is 10.4 Å². The van der Waals surface area contributed by atoms with Crippen LogP contribution in [0.3, 0.4) is 0 Å². The minimum atomic E-state index is -0.441. The Morgan fingerprint density at radius 2 is 2.33 bits per heavy atom. The van der Waals surface area contributed by atoms with Gasteiger partial charge in [0.1, 0.15) is 5.15 Å². The second-order valence-corrected chi connectivity index (χ2v) is 3.17. The molecule has 1 rings (SSSR count). The number of halogens is 2. The van der Waals surface area contributed by atoms with Gasteiger partial charge in [-0.2, -0.15) is 0 Å². The number of nitrogens with zero attached hydrogens (tertiary/aromatic N) is 2. The Kier molecular flexibility index (Phi) is 4.52. The summed E-state index contributed by atoms with van der Waals surface area (Å²) in [5.41, 5.74) is 0.508. The van der Waals surface area contributed by atoms with Gasteiger partial charge >= 0.3 is 5.97 Å². The second kappa shape index (κ2) is 5.68. The molecule has 0 aliphatic rings. The molecule has 80 valence electrons. The molecule has 0 bridgehead atoms. The van der Waals surface area contributed by atoms with E-state index in [-0.39, 0.29) is 10.4 Å². The van der Waals surface area contributed by atoms with Crippen LogP contribution < -0.4 is 0 Å². The van der Waals surface area contributed by atoms with Crippen molar-refractivity contribution in [1.82, 2.24) is 9.97 Å². The van der Waals surface area contributed by atoms with E-state index in [4.69, 9.17) is 27.9 Å². The lowest BCUT2D eigenvalue weighted by Gasteiger charge is -1.97. The van der Waals surface area contributed by atoms with Crippen LogP contribution in [-0.2, 0) is 9.53 Å². The second-order valence-electron chi connectivity index (χ2n) is 2.47. The topological polar surface area (TPSA) is 52.1 Å². The maximum atomic E-state index is 11.0. The quantitative estimate of drug-likeness (QED) is 0.356. The number of hydrogen-bond donors (Lipinski definition) is 0. The molecule has 0 aromatic carbocycles. The molecule has 15 heavy (non-hydrogen) atoms. The van der Waals surface area contributed by atoms with Crippen molar-refractivity contribution >= 4 is 35.2 Å². The van der Waals surface area contributed by atoms with E-state index in [0.29, 0.717) is 12.2 Å². The zero-order valence-electron chi connectivity index (χ0n) is 7.91. The van der Waals surface area contributed by atoms with E-state index in [1.807, 2.05) is 0 Å². The molecular formula is C9H8Cl2N2O2. The van der Waals surface area contributed by atoms with E-state index in [1.54, 1.807) is 6.92 Å². The van der Waals surface area contributed by atoms with Gasteiger partial charge in [-0.3, -0.25) is 0 Å². The van der Waals surface area contributed by atoms with Gasteiger partial charge in [-0.15, -0.1) is 0 Å². The first-order valence-electron chi connectivity index (χ1n) is 4.16. The van der Waals surface area contributed by atoms with Gasteiger partial charge in [-0.25, -0.2) is 14.8 Å². The highest BCUT2D eigenvalue weighted by Crippen LogP contribution is 2.15. The predicted octanol–water partition coefficient (Wildman–Crippen LogP) is 2.36. The van der Waals surface area contributed by atoms with E-state index in [0.717, 1.165) is 0 Å². The number of rotatable bonds is 3. The Bertz CT molecular complexity index is 394. The van der Waals surface area contributed by atoms with Gasteiger partial charge < -0.3 is 4.74 Å². The van der Waals surface area contributed by atoms with Crippen molar-refractivity contribution in [2.75, 3.05) is 6.61 Å². The van der Waals surface area contributed by atoms with Crippen molar-refractivity contribution in [2.45, 2.75) is 6.92 Å². The van der Waals surface area contributed by atoms with Gasteiger partial charge in [0.05, 0.1) is 6.61 Å². The molecule has 1 heterocycles. The van der Waals surface area contributed by atoms with Gasteiger partial charge in [-0.1, -0.05) is 11.6 Å². The number of carbonyl (C=O) groups excluding carboxylic acids is 1. The first-order valence-corrected chi connectivity index (χ1v) is 4.92. The Balaban J connectivity index is 2.76. The minimum Gasteiger partial charge on any atom is -0.463 e. The zero-order chi connectivity index (χ0) is 11.3. The van der Waals surface area contributed by atoms with Gasteiger partial charge in [0, 0.05) is 17.8 Å². The minimum absolute atomic E-state index is 0.0632. The van der Waals surface area contributed by atoms with Crippen LogP contribution in [0.4, 0.5) is 0 Å². The predicted molar refractivity (Wildman–Crippen MR) is 57.7 cm³/mol. The molecule has 0 fully saturated rings. The van der Waals surface area contributed by atoms with Crippen LogP contribution in [-0.4, -0.2) is 22.5 Å². The van der Waals surface area contributed by atoms with E-state index in [2.05, 4.69) is 9.97 Å². The number of hydrogen-bond acceptors (Lipinski definition) is 4. The summed E-state index contributed by atoms with van der Waals surface area (Å²) < 4.78 is 4.69. The highest BCUT2D eigenvalue weighted by molar-refractivity contribution is 6.32. The lowest BCUT2D eigenvalue weighted by molar-refractivity contribution is -0.137. The smallest absolute Gasteiger partial charge is 0.330 e. The molecule has 0 aliphatic heterocycles. The van der Waals surface area contributed by atoms with E-state index in [1.165, 1.54) is 18.3 Å². The summed E-state index contributed by atoms with van der Waals surface area (Å²) in [7, 11) is 0. The molecule has 0 spiro atoms. The average Bonchev–Trinajstić information content (AvgIpc) is 2.17. The van der Waals surface area contributed by atoms with Gasteiger partial charge in [0.2, 0.25) is 5.28 Å². The number of ether oxygens (including phenoxy) is 1. The average molecular weight is 247 g/mol. The molecule has 1 aromatic heterocycles. The van der Waals surface area contributed by atoms with Crippen molar-refractivity contribution < 1.29 is 9.53 Å². The molecule has 0 amide bonds. The molecule has 0 radical (unpaired) electrons. The normalized spacial score (nSPS) is 10.6. The lowest BCUT2D eigenvalue weighted by atomic mass is 10.3. The zero-order valence-corrected chi connectivity index (χ0v) is 9.42. The summed E-state index contributed by atoms with van der Waals surface area (Å²) in [6.07, 6.45) is 4.14. The third-order valence-corrected chi connectivity index (χ3v) is 1.91. The fourth-order valence-electron chi connectivity index (χ4n) is 0.810. The number of esters is 1. The fraction of sp³-hybridized carbons (Fsp3) is 0.222. The Labute approximate surface area is 96.9 Å². The Morgan fingerprint density at radius 1 is 1.60 bits per heavy atom. The molecule has 6 heteroatoms. The van der Waals surface area contributed by atoms with Gasteiger partial charge in [0.25, 0.3) is 0 Å². The monoisotopic (exact) mass is 246 g/mol. The van der Waals surface area contributed by atoms with Gasteiger partial charge in [-0.05, 0) is 24.6 Å². The SMILES string of the molecule is CCOC(=O)C=Cc1cnc(Cl)nc1Cl. The molecule has 0 atom stereocenters. The summed E-state index contributed by atoms with van der Waals surface area (Å²) >= 11 is 11.3. The van der Waals surface area contributed by atoms with Crippen LogP contribution >= 0.6 is 23.2 Å². The van der Waals surface area contributed by atoms with Crippen molar-refractivity contribution in [3.05, 3.63) is 28.3 Å². The van der Waals surface area contributed by atoms with Crippen molar-refractivity contribution in [1.29, 1.82) is 0 Å². The summed E-state index contributed by atoms with van der Waals surface area (Å²) in [4.78, 5) is 18.4. The molecule has 1 aromatic rings. The highest BCUT2D eigenvalue weighted by atomic mass is 35.5. The standard InChI is InChI=1S/C9H8Cl2N2O2/c1-2-15-7(14)4-3-6-5-12-9(11)13-8(6)10/h3-5H,2H2,1H3. The van der Waals surface area contributed by atoms with Crippen LogP contribution in [0.5, 0.6) is 0 Å². The molecular weight excluding hydrogens is 239 g/mol. The number of carbonyl (C=O) groups is 1. The molecule has 0 unspecified atom stereocenters. The van der Waals surface area contributed by atoms with E-state index in [9.17, 15) is 4.79 Å². The third kappa shape index (κ3) is 3.85. The Morgan fingerprint density at radius 3 is 2.93 bits per heavy atom. The van der Waals surface area contributed by atoms with E-state index < -0.39 is 5.97 Å². The van der Waals surface area contributed by atoms with Crippen LogP contribution in [0.15, 0.2) is 12.3 Å². The summed E-state index contributed by atoms with van der Waals surface area (Å²) in [6.45, 7) is 2.05. The fourth-order valence-corrected chi connectivity index (χ4v) is 1.18. The van der Waals surface area contributed by atoms with Crippen molar-refractivity contribution in [3.8, 4) is 0 Å². The molecule has 0 N–H and O–H groups in total. The van der Waals surface area contributed by atoms with Crippen LogP contribution in [0.1, 0.15) is 12.5 Å². The first kappa shape index (κ1) is 11.9. The molecule has 0 saturated carbocycles. The maximum Gasteiger partial charge on any atom is 0.330 e. The largest absolute Gasteiger partial charge is 0.463 e. The maximum absolute atomic E-state index is 11.0. The van der Waals surface area contributed by atoms with Crippen molar-refractivity contribution in [2.24, 2.45) is 0 Å². The van der Waals surface area contributed by atoms with Crippen LogP contribution in [0.25, 0.3) is 6.08 Å². The molecule has 0 aliphatic carbocycles. The summed E-state index contributed by atoms with van der Waals surface area (Å²) in [6, 6.07) is 0. The number of aromatic nitrogens is 2. The Hall–Kier alpha value is -1.13. The molecule has 0 saturated heterocycles.